The number of nitrogens with zero attached hydrogens (tertiary/aromatic N) is 1. The molecule has 0 aromatic carbocycles. The summed E-state index contributed by atoms with van der Waals surface area (Å²) in [6.07, 6.45) is 6.65. The van der Waals surface area contributed by atoms with Gasteiger partial charge in [0.05, 0.1) is 5.75 Å². The van der Waals surface area contributed by atoms with Crippen molar-refractivity contribution in [1.29, 1.82) is 0 Å². The standard InChI is InChI=1S/C10H21NO2S/c1-11(7-8-14(2,12)13)9-10-5-3-4-6-10/h10H,3-9H2,1-2H3. The van der Waals surface area contributed by atoms with E-state index in [0.717, 1.165) is 12.5 Å². The third-order valence-corrected chi connectivity index (χ3v) is 3.81. The van der Waals surface area contributed by atoms with Crippen molar-refractivity contribution in [3.8, 4) is 0 Å². The Labute approximate surface area is 87.4 Å². The van der Waals surface area contributed by atoms with Gasteiger partial charge < -0.3 is 4.90 Å². The number of hydrogen-bond acceptors (Lipinski definition) is 3. The minimum Gasteiger partial charge on any atom is -0.305 e. The molecule has 0 radical (unpaired) electrons. The molecule has 0 saturated heterocycles. The molecule has 0 aromatic heterocycles. The Morgan fingerprint density at radius 1 is 1.29 bits per heavy atom. The largest absolute Gasteiger partial charge is 0.305 e. The molecular weight excluding hydrogens is 198 g/mol. The van der Waals surface area contributed by atoms with Crippen LogP contribution in [0.3, 0.4) is 0 Å². The summed E-state index contributed by atoms with van der Waals surface area (Å²) in [7, 11) is -0.777. The third kappa shape index (κ3) is 4.96. The van der Waals surface area contributed by atoms with Crippen LogP contribution in [0.1, 0.15) is 25.7 Å². The third-order valence-electron chi connectivity index (χ3n) is 2.89. The molecule has 0 atom stereocenters. The van der Waals surface area contributed by atoms with Gasteiger partial charge in [-0.25, -0.2) is 8.42 Å². The van der Waals surface area contributed by atoms with E-state index in [1.165, 1.54) is 31.9 Å². The summed E-state index contributed by atoms with van der Waals surface area (Å²) in [4.78, 5) is 2.15. The fraction of sp³-hybridized carbons (Fsp3) is 1.00. The van der Waals surface area contributed by atoms with Crippen LogP contribution < -0.4 is 0 Å². The van der Waals surface area contributed by atoms with Gasteiger partial charge in [-0.2, -0.15) is 0 Å². The highest BCUT2D eigenvalue weighted by Gasteiger charge is 2.17. The number of sulfone groups is 1. The topological polar surface area (TPSA) is 37.4 Å². The second kappa shape index (κ2) is 5.12. The summed E-state index contributed by atoms with van der Waals surface area (Å²) in [6.45, 7) is 1.74. The molecule has 1 aliphatic carbocycles. The molecule has 84 valence electrons. The Bertz CT molecular complexity index is 255. The lowest BCUT2D eigenvalue weighted by molar-refractivity contribution is 0.291. The zero-order chi connectivity index (χ0) is 10.6. The van der Waals surface area contributed by atoms with Crippen LogP contribution in [0.4, 0.5) is 0 Å². The maximum Gasteiger partial charge on any atom is 0.148 e. The lowest BCUT2D eigenvalue weighted by Crippen LogP contribution is -2.29. The van der Waals surface area contributed by atoms with Crippen LogP contribution in [0.15, 0.2) is 0 Å². The molecule has 0 aliphatic heterocycles. The Morgan fingerprint density at radius 3 is 2.36 bits per heavy atom. The van der Waals surface area contributed by atoms with Gasteiger partial charge in [-0.3, -0.25) is 0 Å². The van der Waals surface area contributed by atoms with Crippen molar-refractivity contribution in [1.82, 2.24) is 4.90 Å². The van der Waals surface area contributed by atoms with Crippen LogP contribution in [0.25, 0.3) is 0 Å². The van der Waals surface area contributed by atoms with Gasteiger partial charge in [0.25, 0.3) is 0 Å². The predicted octanol–water partition coefficient (Wildman–Crippen LogP) is 1.15. The lowest BCUT2D eigenvalue weighted by atomic mass is 10.1. The first-order valence-electron chi connectivity index (χ1n) is 5.33. The molecule has 0 heterocycles. The molecule has 1 aliphatic rings. The van der Waals surface area contributed by atoms with E-state index in [-0.39, 0.29) is 5.75 Å². The van der Waals surface area contributed by atoms with Gasteiger partial charge in [-0.05, 0) is 25.8 Å². The van der Waals surface area contributed by atoms with Gasteiger partial charge in [-0.1, -0.05) is 12.8 Å². The molecule has 0 spiro atoms. The molecule has 1 saturated carbocycles. The lowest BCUT2D eigenvalue weighted by Gasteiger charge is -2.19. The number of rotatable bonds is 5. The van der Waals surface area contributed by atoms with E-state index in [9.17, 15) is 8.42 Å². The minimum atomic E-state index is -2.79. The van der Waals surface area contributed by atoms with Crippen molar-refractivity contribution in [2.45, 2.75) is 25.7 Å². The quantitative estimate of drug-likeness (QED) is 0.696. The van der Waals surface area contributed by atoms with Crippen molar-refractivity contribution in [3.63, 3.8) is 0 Å². The van der Waals surface area contributed by atoms with Crippen molar-refractivity contribution < 1.29 is 8.42 Å². The molecule has 1 fully saturated rings. The van der Waals surface area contributed by atoms with Crippen LogP contribution in [0.2, 0.25) is 0 Å². The molecular formula is C10H21NO2S. The first kappa shape index (κ1) is 12.0. The first-order chi connectivity index (χ1) is 6.47. The summed E-state index contributed by atoms with van der Waals surface area (Å²) in [6, 6.07) is 0. The second-order valence-electron chi connectivity index (χ2n) is 4.54. The van der Waals surface area contributed by atoms with Crippen molar-refractivity contribution in [3.05, 3.63) is 0 Å². The van der Waals surface area contributed by atoms with E-state index in [1.807, 2.05) is 7.05 Å². The van der Waals surface area contributed by atoms with E-state index in [4.69, 9.17) is 0 Å². The molecule has 3 nitrogen and oxygen atoms in total. The Morgan fingerprint density at radius 2 is 1.86 bits per heavy atom. The first-order valence-corrected chi connectivity index (χ1v) is 7.40. The maximum atomic E-state index is 10.9. The summed E-state index contributed by atoms with van der Waals surface area (Å²) in [5.41, 5.74) is 0. The molecule has 14 heavy (non-hydrogen) atoms. The van der Waals surface area contributed by atoms with E-state index in [2.05, 4.69) is 4.90 Å². The molecule has 4 heteroatoms. The van der Waals surface area contributed by atoms with Crippen LogP contribution in [-0.2, 0) is 9.84 Å². The zero-order valence-electron chi connectivity index (χ0n) is 9.20. The molecule has 0 aromatic rings. The molecule has 0 N–H and O–H groups in total. The fourth-order valence-electron chi connectivity index (χ4n) is 2.05. The molecule has 1 rings (SSSR count). The van der Waals surface area contributed by atoms with E-state index >= 15 is 0 Å². The highest BCUT2D eigenvalue weighted by molar-refractivity contribution is 7.90. The molecule has 0 unspecified atom stereocenters. The molecule has 0 amide bonds. The summed E-state index contributed by atoms with van der Waals surface area (Å²) < 4.78 is 21.9. The van der Waals surface area contributed by atoms with Crippen LogP contribution in [-0.4, -0.2) is 45.5 Å². The maximum absolute atomic E-state index is 10.9. The van der Waals surface area contributed by atoms with Crippen molar-refractivity contribution in [2.24, 2.45) is 5.92 Å². The van der Waals surface area contributed by atoms with Crippen LogP contribution in [0, 0.1) is 5.92 Å². The fourth-order valence-corrected chi connectivity index (χ4v) is 2.69. The highest BCUT2D eigenvalue weighted by Crippen LogP contribution is 2.24. The summed E-state index contributed by atoms with van der Waals surface area (Å²) in [5.74, 6) is 1.09. The van der Waals surface area contributed by atoms with E-state index < -0.39 is 9.84 Å². The van der Waals surface area contributed by atoms with Crippen LogP contribution >= 0.6 is 0 Å². The monoisotopic (exact) mass is 219 g/mol. The Kier molecular flexibility index (Phi) is 4.38. The Hall–Kier alpha value is -0.0900. The SMILES string of the molecule is CN(CCS(C)(=O)=O)CC1CCCC1. The van der Waals surface area contributed by atoms with Crippen molar-refractivity contribution >= 4 is 9.84 Å². The van der Waals surface area contributed by atoms with Crippen molar-refractivity contribution in [2.75, 3.05) is 32.1 Å². The highest BCUT2D eigenvalue weighted by atomic mass is 32.2. The van der Waals surface area contributed by atoms with E-state index in [0.29, 0.717) is 6.54 Å². The normalized spacial score (nSPS) is 19.4. The minimum absolute atomic E-state index is 0.288. The van der Waals surface area contributed by atoms with Gasteiger partial charge in [0.1, 0.15) is 9.84 Å². The smallest absolute Gasteiger partial charge is 0.148 e. The summed E-state index contributed by atoms with van der Waals surface area (Å²) in [5, 5.41) is 0. The average Bonchev–Trinajstić information content (AvgIpc) is 2.52. The zero-order valence-corrected chi connectivity index (χ0v) is 10.0. The van der Waals surface area contributed by atoms with Crippen LogP contribution in [0.5, 0.6) is 0 Å². The van der Waals surface area contributed by atoms with E-state index in [1.54, 1.807) is 0 Å². The van der Waals surface area contributed by atoms with Gasteiger partial charge in [0.15, 0.2) is 0 Å². The number of hydrogen-bond donors (Lipinski definition) is 0. The predicted molar refractivity (Wildman–Crippen MR) is 59.2 cm³/mol. The van der Waals surface area contributed by atoms with Gasteiger partial charge in [0, 0.05) is 19.3 Å². The van der Waals surface area contributed by atoms with Gasteiger partial charge >= 0.3 is 0 Å². The Balaban J connectivity index is 2.18. The second-order valence-corrected chi connectivity index (χ2v) is 6.80. The molecule has 0 bridgehead atoms. The van der Waals surface area contributed by atoms with Gasteiger partial charge in [-0.15, -0.1) is 0 Å². The average molecular weight is 219 g/mol. The van der Waals surface area contributed by atoms with Gasteiger partial charge in [0.2, 0.25) is 0 Å². The summed E-state index contributed by atoms with van der Waals surface area (Å²) >= 11 is 0.